The van der Waals surface area contributed by atoms with Crippen LogP contribution in [0, 0.1) is 0 Å². The fourth-order valence-electron chi connectivity index (χ4n) is 3.12. The number of carbonyl (C=O) groups is 1. The SMILES string of the molecule is C=CCN(CC=C)S(=O)(=O)c1ccc(C(=O)N=c2sc3c(Cl)ccc(Cl)c3n2CC)cc1. The Morgan fingerprint density at radius 2 is 1.69 bits per heavy atom. The van der Waals surface area contributed by atoms with Gasteiger partial charge in [-0.25, -0.2) is 8.42 Å². The molecule has 1 amide bonds. The molecule has 1 heterocycles. The molecule has 10 heteroatoms. The van der Waals surface area contributed by atoms with Gasteiger partial charge in [-0.15, -0.1) is 13.2 Å². The van der Waals surface area contributed by atoms with E-state index < -0.39 is 15.9 Å². The summed E-state index contributed by atoms with van der Waals surface area (Å²) in [5, 5.41) is 1.05. The second-order valence-electron chi connectivity index (χ2n) is 6.68. The Balaban J connectivity index is 1.99. The van der Waals surface area contributed by atoms with E-state index in [4.69, 9.17) is 23.2 Å². The smallest absolute Gasteiger partial charge is 0.279 e. The predicted octanol–water partition coefficient (Wildman–Crippen LogP) is 5.13. The van der Waals surface area contributed by atoms with Gasteiger partial charge in [0.1, 0.15) is 0 Å². The first-order valence-corrected chi connectivity index (χ1v) is 12.6. The van der Waals surface area contributed by atoms with Gasteiger partial charge in [0.15, 0.2) is 4.80 Å². The number of amides is 1. The van der Waals surface area contributed by atoms with Gasteiger partial charge in [-0.3, -0.25) is 4.79 Å². The van der Waals surface area contributed by atoms with E-state index in [1.807, 2.05) is 11.5 Å². The third-order valence-electron chi connectivity index (χ3n) is 4.65. The first-order chi connectivity index (χ1) is 15.2. The minimum absolute atomic E-state index is 0.0711. The van der Waals surface area contributed by atoms with Crippen LogP contribution in [-0.2, 0) is 16.6 Å². The average Bonchev–Trinajstić information content (AvgIpc) is 3.15. The van der Waals surface area contributed by atoms with Gasteiger partial charge >= 0.3 is 0 Å². The van der Waals surface area contributed by atoms with Crippen LogP contribution in [0.5, 0.6) is 0 Å². The summed E-state index contributed by atoms with van der Waals surface area (Å²) >= 11 is 13.9. The first kappa shape index (κ1) is 24.4. The quantitative estimate of drug-likeness (QED) is 0.395. The summed E-state index contributed by atoms with van der Waals surface area (Å²) < 4.78 is 29.5. The zero-order valence-electron chi connectivity index (χ0n) is 17.3. The van der Waals surface area contributed by atoms with E-state index in [1.165, 1.54) is 52.1 Å². The lowest BCUT2D eigenvalue weighted by Crippen LogP contribution is -2.31. The molecule has 0 aliphatic carbocycles. The summed E-state index contributed by atoms with van der Waals surface area (Å²) in [6.07, 6.45) is 3.01. The molecule has 0 atom stereocenters. The highest BCUT2D eigenvalue weighted by atomic mass is 35.5. The monoisotopic (exact) mass is 509 g/mol. The number of rotatable bonds is 8. The Hall–Kier alpha value is -2.23. The van der Waals surface area contributed by atoms with Gasteiger partial charge in [-0.1, -0.05) is 46.7 Å². The van der Waals surface area contributed by atoms with Crippen LogP contribution in [0.1, 0.15) is 17.3 Å². The summed E-state index contributed by atoms with van der Waals surface area (Å²) in [6.45, 7) is 9.96. The third-order valence-corrected chi connectivity index (χ3v) is 8.34. The number of aromatic nitrogens is 1. The molecule has 3 rings (SSSR count). The Labute approximate surface area is 200 Å². The van der Waals surface area contributed by atoms with Crippen LogP contribution in [0.25, 0.3) is 10.2 Å². The number of thiazole rings is 1. The summed E-state index contributed by atoms with van der Waals surface area (Å²) in [6, 6.07) is 9.09. The summed E-state index contributed by atoms with van der Waals surface area (Å²) in [5.41, 5.74) is 0.990. The van der Waals surface area contributed by atoms with E-state index in [0.717, 1.165) is 10.2 Å². The topological polar surface area (TPSA) is 71.7 Å². The number of sulfonamides is 1. The van der Waals surface area contributed by atoms with Crippen LogP contribution in [0.15, 0.2) is 71.6 Å². The standard InChI is InChI=1S/C22H21Cl2N3O3S2/c1-4-13-26(14-5-2)32(29,30)16-9-7-15(8-10-16)21(28)25-22-27(6-3)19-17(23)11-12-18(24)20(19)31-22/h4-5,7-12H,1-2,6,13-14H2,3H3. The van der Waals surface area contributed by atoms with Crippen molar-refractivity contribution in [2.75, 3.05) is 13.1 Å². The number of carbonyl (C=O) groups excluding carboxylic acids is 1. The molecule has 0 radical (unpaired) electrons. The number of aryl methyl sites for hydroxylation is 1. The third kappa shape index (κ3) is 4.74. The van der Waals surface area contributed by atoms with E-state index in [2.05, 4.69) is 18.2 Å². The Kier molecular flexibility index (Phi) is 7.74. The van der Waals surface area contributed by atoms with Crippen LogP contribution < -0.4 is 4.80 Å². The van der Waals surface area contributed by atoms with E-state index in [9.17, 15) is 13.2 Å². The fourth-order valence-corrected chi connectivity index (χ4v) is 6.21. The molecule has 0 unspecified atom stereocenters. The maximum Gasteiger partial charge on any atom is 0.279 e. The molecule has 0 saturated heterocycles. The van der Waals surface area contributed by atoms with E-state index >= 15 is 0 Å². The lowest BCUT2D eigenvalue weighted by molar-refractivity contribution is 0.0997. The molecule has 0 bridgehead atoms. The molecule has 3 aromatic rings. The zero-order chi connectivity index (χ0) is 23.5. The van der Waals surface area contributed by atoms with Crippen molar-refractivity contribution < 1.29 is 13.2 Å². The number of benzene rings is 2. The number of hydrogen-bond donors (Lipinski definition) is 0. The van der Waals surface area contributed by atoms with Crippen molar-refractivity contribution in [1.82, 2.24) is 8.87 Å². The van der Waals surface area contributed by atoms with Crippen molar-refractivity contribution >= 4 is 60.7 Å². The lowest BCUT2D eigenvalue weighted by atomic mass is 10.2. The minimum atomic E-state index is -3.75. The lowest BCUT2D eigenvalue weighted by Gasteiger charge is -2.19. The van der Waals surface area contributed by atoms with E-state index in [-0.39, 0.29) is 23.5 Å². The van der Waals surface area contributed by atoms with Crippen molar-refractivity contribution in [2.45, 2.75) is 18.4 Å². The zero-order valence-corrected chi connectivity index (χ0v) is 20.4. The van der Waals surface area contributed by atoms with Gasteiger partial charge in [0.25, 0.3) is 5.91 Å². The van der Waals surface area contributed by atoms with Crippen molar-refractivity contribution in [3.63, 3.8) is 0 Å². The highest BCUT2D eigenvalue weighted by Gasteiger charge is 2.22. The molecule has 1 aromatic heterocycles. The average molecular weight is 510 g/mol. The van der Waals surface area contributed by atoms with Crippen molar-refractivity contribution in [3.8, 4) is 0 Å². The van der Waals surface area contributed by atoms with Gasteiger partial charge in [-0.05, 0) is 43.3 Å². The number of nitrogens with zero attached hydrogens (tertiary/aromatic N) is 3. The Morgan fingerprint density at radius 1 is 1.09 bits per heavy atom. The fraction of sp³-hybridized carbons (Fsp3) is 0.182. The van der Waals surface area contributed by atoms with Gasteiger partial charge in [0, 0.05) is 25.2 Å². The van der Waals surface area contributed by atoms with Gasteiger partial charge in [0.2, 0.25) is 10.0 Å². The first-order valence-electron chi connectivity index (χ1n) is 9.63. The number of fused-ring (bicyclic) bond motifs is 1. The summed E-state index contributed by atoms with van der Waals surface area (Å²) in [4.78, 5) is 17.6. The van der Waals surface area contributed by atoms with Crippen LogP contribution in [-0.4, -0.2) is 36.3 Å². The molecule has 0 spiro atoms. The molecule has 32 heavy (non-hydrogen) atoms. The highest BCUT2D eigenvalue weighted by Crippen LogP contribution is 2.31. The number of hydrogen-bond acceptors (Lipinski definition) is 4. The van der Waals surface area contributed by atoms with Gasteiger partial charge in [-0.2, -0.15) is 9.30 Å². The van der Waals surface area contributed by atoms with E-state index in [0.29, 0.717) is 21.4 Å². The van der Waals surface area contributed by atoms with Gasteiger partial charge < -0.3 is 4.57 Å². The molecular weight excluding hydrogens is 489 g/mol. The molecule has 6 nitrogen and oxygen atoms in total. The summed E-state index contributed by atoms with van der Waals surface area (Å²) in [7, 11) is -3.75. The highest BCUT2D eigenvalue weighted by molar-refractivity contribution is 7.89. The van der Waals surface area contributed by atoms with Crippen LogP contribution in [0.3, 0.4) is 0 Å². The van der Waals surface area contributed by atoms with Crippen LogP contribution >= 0.6 is 34.5 Å². The van der Waals surface area contributed by atoms with Gasteiger partial charge in [0.05, 0.1) is 25.2 Å². The molecular formula is C22H21Cl2N3O3S2. The maximum absolute atomic E-state index is 12.8. The Morgan fingerprint density at radius 3 is 2.25 bits per heavy atom. The van der Waals surface area contributed by atoms with Crippen molar-refractivity contribution in [3.05, 3.63) is 82.1 Å². The Bertz CT molecular complexity index is 1350. The molecule has 2 aromatic carbocycles. The van der Waals surface area contributed by atoms with Crippen LogP contribution in [0.2, 0.25) is 10.0 Å². The molecule has 0 aliphatic heterocycles. The van der Waals surface area contributed by atoms with E-state index in [1.54, 1.807) is 12.1 Å². The molecule has 0 saturated carbocycles. The molecule has 0 aliphatic rings. The molecule has 168 valence electrons. The predicted molar refractivity (Wildman–Crippen MR) is 131 cm³/mol. The maximum atomic E-state index is 12.8. The largest absolute Gasteiger partial charge is 0.315 e. The molecule has 0 N–H and O–H groups in total. The van der Waals surface area contributed by atoms with Crippen LogP contribution in [0.4, 0.5) is 0 Å². The normalized spacial score (nSPS) is 12.4. The minimum Gasteiger partial charge on any atom is -0.315 e. The molecule has 0 fully saturated rings. The van der Waals surface area contributed by atoms with Crippen molar-refractivity contribution in [2.24, 2.45) is 4.99 Å². The second kappa shape index (κ2) is 10.1. The second-order valence-corrected chi connectivity index (χ2v) is 10.4. The summed E-state index contributed by atoms with van der Waals surface area (Å²) in [5.74, 6) is -0.496. The van der Waals surface area contributed by atoms with Crippen molar-refractivity contribution in [1.29, 1.82) is 0 Å². The number of halogens is 2.